The lowest BCUT2D eigenvalue weighted by Crippen LogP contribution is -2.36. The number of primary sulfonamides is 1. The van der Waals surface area contributed by atoms with Gasteiger partial charge in [0.15, 0.2) is 5.96 Å². The summed E-state index contributed by atoms with van der Waals surface area (Å²) in [5.41, 5.74) is 5.45. The van der Waals surface area contributed by atoms with Crippen LogP contribution in [-0.4, -0.2) is 33.2 Å². The molecule has 0 saturated heterocycles. The van der Waals surface area contributed by atoms with Gasteiger partial charge in [0.25, 0.3) is 0 Å². The predicted molar refractivity (Wildman–Crippen MR) is 72.8 cm³/mol. The molecular weight excluding hydrogens is 331 g/mol. The summed E-state index contributed by atoms with van der Waals surface area (Å²) in [7, 11) is -3.42. The van der Waals surface area contributed by atoms with Gasteiger partial charge in [-0.3, -0.25) is 4.99 Å². The molecule has 92 valence electrons. The predicted octanol–water partition coefficient (Wildman–Crippen LogP) is -0.403. The normalized spacial score (nSPS) is 12.0. The van der Waals surface area contributed by atoms with Gasteiger partial charge in [-0.1, -0.05) is 13.3 Å². The Bertz CT molecular complexity index is 279. The van der Waals surface area contributed by atoms with E-state index in [0.717, 1.165) is 12.8 Å². The van der Waals surface area contributed by atoms with Crippen LogP contribution in [0.5, 0.6) is 0 Å². The van der Waals surface area contributed by atoms with Gasteiger partial charge < -0.3 is 11.1 Å². The second-order valence-corrected chi connectivity index (χ2v) is 4.65. The van der Waals surface area contributed by atoms with E-state index in [-0.39, 0.29) is 42.2 Å². The number of guanidine groups is 1. The SMILES string of the molecule is CCCCN=C(N)NCCS(N)(=O)=O.I. The summed E-state index contributed by atoms with van der Waals surface area (Å²) >= 11 is 0. The maximum Gasteiger partial charge on any atom is 0.210 e. The van der Waals surface area contributed by atoms with Crippen LogP contribution >= 0.6 is 24.0 Å². The largest absolute Gasteiger partial charge is 0.370 e. The van der Waals surface area contributed by atoms with Crippen molar-refractivity contribution in [2.24, 2.45) is 15.9 Å². The Morgan fingerprint density at radius 3 is 2.53 bits per heavy atom. The summed E-state index contributed by atoms with van der Waals surface area (Å²) < 4.78 is 21.1. The number of nitrogens with two attached hydrogens (primary N) is 2. The van der Waals surface area contributed by atoms with Gasteiger partial charge in [0.2, 0.25) is 10.0 Å². The summed E-state index contributed by atoms with van der Waals surface area (Å²) in [6.07, 6.45) is 2.02. The van der Waals surface area contributed by atoms with E-state index < -0.39 is 10.0 Å². The van der Waals surface area contributed by atoms with E-state index in [1.54, 1.807) is 0 Å². The maximum absolute atomic E-state index is 10.5. The second-order valence-electron chi connectivity index (χ2n) is 2.91. The number of unbranched alkanes of at least 4 members (excludes halogenated alkanes) is 1. The van der Waals surface area contributed by atoms with Gasteiger partial charge in [-0.25, -0.2) is 13.6 Å². The Kier molecular flexibility index (Phi) is 10.6. The summed E-state index contributed by atoms with van der Waals surface area (Å²) in [6, 6.07) is 0. The molecule has 0 amide bonds. The first-order valence-electron chi connectivity index (χ1n) is 4.50. The molecule has 15 heavy (non-hydrogen) atoms. The quantitative estimate of drug-likeness (QED) is 0.262. The van der Waals surface area contributed by atoms with E-state index >= 15 is 0 Å². The summed E-state index contributed by atoms with van der Waals surface area (Å²) in [4.78, 5) is 3.98. The van der Waals surface area contributed by atoms with E-state index in [1.165, 1.54) is 0 Å². The lowest BCUT2D eigenvalue weighted by molar-refractivity contribution is 0.596. The minimum absolute atomic E-state index is 0. The standard InChI is InChI=1S/C7H18N4O2S.HI/c1-2-3-4-10-7(8)11-5-6-14(9,12)13;/h2-6H2,1H3,(H3,8,10,11)(H2,9,12,13);1H. The fourth-order valence-electron chi connectivity index (χ4n) is 0.735. The van der Waals surface area contributed by atoms with Crippen LogP contribution in [0.3, 0.4) is 0 Å². The molecule has 6 nitrogen and oxygen atoms in total. The molecule has 0 aliphatic rings. The van der Waals surface area contributed by atoms with Crippen LogP contribution in [0.15, 0.2) is 4.99 Å². The fourth-order valence-corrected chi connectivity index (χ4v) is 1.12. The van der Waals surface area contributed by atoms with E-state index in [4.69, 9.17) is 10.9 Å². The molecular formula is C7H19IN4O2S. The van der Waals surface area contributed by atoms with Crippen molar-refractivity contribution in [3.8, 4) is 0 Å². The lowest BCUT2D eigenvalue weighted by Gasteiger charge is -2.03. The first-order valence-corrected chi connectivity index (χ1v) is 6.21. The van der Waals surface area contributed by atoms with Gasteiger partial charge >= 0.3 is 0 Å². The highest BCUT2D eigenvalue weighted by Crippen LogP contribution is 1.85. The summed E-state index contributed by atoms with van der Waals surface area (Å²) in [5, 5.41) is 7.46. The Morgan fingerprint density at radius 2 is 2.07 bits per heavy atom. The van der Waals surface area contributed by atoms with Crippen molar-refractivity contribution in [1.29, 1.82) is 0 Å². The molecule has 0 rings (SSSR count). The van der Waals surface area contributed by atoms with Crippen molar-refractivity contribution in [3.05, 3.63) is 0 Å². The molecule has 0 aromatic carbocycles. The summed E-state index contributed by atoms with van der Waals surface area (Å²) in [5.74, 6) is 0.124. The highest BCUT2D eigenvalue weighted by Gasteiger charge is 2.01. The molecule has 0 spiro atoms. The highest BCUT2D eigenvalue weighted by atomic mass is 127. The van der Waals surface area contributed by atoms with Gasteiger partial charge in [0, 0.05) is 13.1 Å². The van der Waals surface area contributed by atoms with Gasteiger partial charge in [-0.15, -0.1) is 24.0 Å². The average Bonchev–Trinajstić information content (AvgIpc) is 2.02. The molecule has 8 heteroatoms. The average molecular weight is 350 g/mol. The highest BCUT2D eigenvalue weighted by molar-refractivity contribution is 14.0. The summed E-state index contributed by atoms with van der Waals surface area (Å²) in [6.45, 7) is 2.91. The molecule has 5 N–H and O–H groups in total. The molecule has 0 atom stereocenters. The zero-order valence-electron chi connectivity index (χ0n) is 8.77. The Balaban J connectivity index is 0. The zero-order valence-corrected chi connectivity index (χ0v) is 11.9. The van der Waals surface area contributed by atoms with Crippen molar-refractivity contribution in [3.63, 3.8) is 0 Å². The monoisotopic (exact) mass is 350 g/mol. The zero-order chi connectivity index (χ0) is 11.0. The fraction of sp³-hybridized carbons (Fsp3) is 0.857. The second kappa shape index (κ2) is 9.16. The molecule has 0 saturated carbocycles. The van der Waals surface area contributed by atoms with Crippen molar-refractivity contribution >= 4 is 40.0 Å². The molecule has 0 unspecified atom stereocenters. The minimum atomic E-state index is -3.42. The molecule has 0 aliphatic carbocycles. The topological polar surface area (TPSA) is 111 Å². The van der Waals surface area contributed by atoms with Crippen molar-refractivity contribution in [1.82, 2.24) is 5.32 Å². The molecule has 0 aromatic heterocycles. The molecule has 0 fully saturated rings. The van der Waals surface area contributed by atoms with Gasteiger partial charge in [-0.05, 0) is 6.42 Å². The number of hydrogen-bond acceptors (Lipinski definition) is 3. The number of sulfonamides is 1. The number of nitrogens with zero attached hydrogens (tertiary/aromatic N) is 1. The Morgan fingerprint density at radius 1 is 1.47 bits per heavy atom. The lowest BCUT2D eigenvalue weighted by atomic mass is 10.3. The third-order valence-electron chi connectivity index (χ3n) is 1.49. The number of aliphatic imine (C=N–C) groups is 1. The number of nitrogens with one attached hydrogen (secondary N) is 1. The minimum Gasteiger partial charge on any atom is -0.370 e. The Labute approximate surface area is 108 Å². The molecule has 0 aliphatic heterocycles. The molecule has 0 radical (unpaired) electrons. The third kappa shape index (κ3) is 13.9. The van der Waals surface area contributed by atoms with Crippen LogP contribution in [0.1, 0.15) is 19.8 Å². The maximum atomic E-state index is 10.5. The van der Waals surface area contributed by atoms with Gasteiger partial charge in [-0.2, -0.15) is 0 Å². The smallest absolute Gasteiger partial charge is 0.210 e. The number of rotatable bonds is 6. The van der Waals surface area contributed by atoms with E-state index in [1.807, 2.05) is 0 Å². The molecule has 0 bridgehead atoms. The number of hydrogen-bond donors (Lipinski definition) is 3. The van der Waals surface area contributed by atoms with Crippen molar-refractivity contribution in [2.75, 3.05) is 18.8 Å². The third-order valence-corrected chi connectivity index (χ3v) is 2.26. The van der Waals surface area contributed by atoms with Gasteiger partial charge in [0.05, 0.1) is 5.75 Å². The van der Waals surface area contributed by atoms with Crippen LogP contribution < -0.4 is 16.2 Å². The van der Waals surface area contributed by atoms with E-state index in [0.29, 0.717) is 6.54 Å². The first kappa shape index (κ1) is 17.3. The van der Waals surface area contributed by atoms with Crippen LogP contribution in [0.25, 0.3) is 0 Å². The van der Waals surface area contributed by atoms with Crippen LogP contribution in [0.2, 0.25) is 0 Å². The van der Waals surface area contributed by atoms with Gasteiger partial charge in [0.1, 0.15) is 0 Å². The van der Waals surface area contributed by atoms with E-state index in [9.17, 15) is 8.42 Å². The Hall–Kier alpha value is -0.0900. The van der Waals surface area contributed by atoms with Crippen LogP contribution in [0, 0.1) is 0 Å². The van der Waals surface area contributed by atoms with Crippen LogP contribution in [0.4, 0.5) is 0 Å². The van der Waals surface area contributed by atoms with Crippen molar-refractivity contribution in [2.45, 2.75) is 19.8 Å². The molecule has 0 heterocycles. The van der Waals surface area contributed by atoms with E-state index in [2.05, 4.69) is 17.2 Å². The number of halogens is 1. The van der Waals surface area contributed by atoms with Crippen molar-refractivity contribution < 1.29 is 8.42 Å². The van der Waals surface area contributed by atoms with Crippen LogP contribution in [-0.2, 0) is 10.0 Å². The first-order chi connectivity index (χ1) is 6.45. The molecule has 0 aromatic rings.